The topological polar surface area (TPSA) is 74.8 Å². The third kappa shape index (κ3) is 9.23. The summed E-state index contributed by atoms with van der Waals surface area (Å²) in [4.78, 5) is 16.0. The summed E-state index contributed by atoms with van der Waals surface area (Å²) in [5, 5.41) is 9.30. The lowest BCUT2D eigenvalue weighted by Gasteiger charge is -2.22. The molecule has 7 heteroatoms. The zero-order valence-corrected chi connectivity index (χ0v) is 19.5. The third-order valence-corrected chi connectivity index (χ3v) is 4.87. The third-order valence-electron chi connectivity index (χ3n) is 4.87. The second kappa shape index (κ2) is 14.6. The van der Waals surface area contributed by atoms with Crippen LogP contribution in [0.4, 0.5) is 0 Å². The van der Waals surface area contributed by atoms with Crippen LogP contribution < -0.4 is 16.0 Å². The first-order valence-electron chi connectivity index (χ1n) is 10.1. The molecule has 0 heterocycles. The number of ether oxygens (including phenoxy) is 1. The molecule has 3 N–H and O–H groups in total. The van der Waals surface area contributed by atoms with Gasteiger partial charge in [0.05, 0.1) is 6.10 Å². The summed E-state index contributed by atoms with van der Waals surface area (Å²) in [5.74, 6) is 0.743. The predicted molar refractivity (Wildman–Crippen MR) is 126 cm³/mol. The fourth-order valence-corrected chi connectivity index (χ4v) is 3.32. The van der Waals surface area contributed by atoms with Crippen LogP contribution in [0.5, 0.6) is 0 Å². The average Bonchev–Trinajstić information content (AvgIpc) is 2.72. The standard InChI is InChI=1S/C21H34N4O2.HI/c1-22-20(26)18-9-6-8-17(16-18)12-14-25-21(23-2)24-13-7-15-27-19-10-4-3-5-11-19;/h6,8-9,16,19H,3-5,7,10-15H2,1-2H3,(H,22,26)(H2,23,24,25);1H. The van der Waals surface area contributed by atoms with Crippen molar-refractivity contribution in [3.8, 4) is 0 Å². The van der Waals surface area contributed by atoms with Gasteiger partial charge in [0.15, 0.2) is 5.96 Å². The van der Waals surface area contributed by atoms with Crippen molar-refractivity contribution in [2.45, 2.75) is 51.0 Å². The van der Waals surface area contributed by atoms with Crippen LogP contribution in [0.3, 0.4) is 0 Å². The minimum Gasteiger partial charge on any atom is -0.378 e. The van der Waals surface area contributed by atoms with E-state index >= 15 is 0 Å². The van der Waals surface area contributed by atoms with Crippen molar-refractivity contribution in [2.24, 2.45) is 4.99 Å². The van der Waals surface area contributed by atoms with E-state index in [-0.39, 0.29) is 29.9 Å². The van der Waals surface area contributed by atoms with E-state index in [1.807, 2.05) is 24.3 Å². The molecule has 0 spiro atoms. The van der Waals surface area contributed by atoms with Crippen molar-refractivity contribution in [3.05, 3.63) is 35.4 Å². The molecule has 0 radical (unpaired) electrons. The molecular weight excluding hydrogens is 467 g/mol. The van der Waals surface area contributed by atoms with Gasteiger partial charge in [-0.25, -0.2) is 0 Å². The van der Waals surface area contributed by atoms with E-state index in [0.29, 0.717) is 11.7 Å². The van der Waals surface area contributed by atoms with Crippen LogP contribution in [0.2, 0.25) is 0 Å². The lowest BCUT2D eigenvalue weighted by atomic mass is 9.98. The van der Waals surface area contributed by atoms with Crippen LogP contribution >= 0.6 is 24.0 Å². The zero-order chi connectivity index (χ0) is 19.3. The molecular formula is C21H35IN4O2. The van der Waals surface area contributed by atoms with E-state index in [4.69, 9.17) is 4.74 Å². The van der Waals surface area contributed by atoms with Gasteiger partial charge in [0.1, 0.15) is 0 Å². The Morgan fingerprint density at radius 3 is 2.64 bits per heavy atom. The fourth-order valence-electron chi connectivity index (χ4n) is 3.32. The van der Waals surface area contributed by atoms with E-state index < -0.39 is 0 Å². The highest BCUT2D eigenvalue weighted by Gasteiger charge is 2.13. The highest BCUT2D eigenvalue weighted by atomic mass is 127. The van der Waals surface area contributed by atoms with Gasteiger partial charge in [0, 0.05) is 39.4 Å². The van der Waals surface area contributed by atoms with E-state index in [1.54, 1.807) is 14.1 Å². The number of amides is 1. The van der Waals surface area contributed by atoms with Gasteiger partial charge in [-0.15, -0.1) is 24.0 Å². The molecule has 1 saturated carbocycles. The van der Waals surface area contributed by atoms with E-state index in [0.717, 1.165) is 44.1 Å². The summed E-state index contributed by atoms with van der Waals surface area (Å²) in [6, 6.07) is 7.71. The molecule has 0 aromatic heterocycles. The Kier molecular flexibility index (Phi) is 12.9. The lowest BCUT2D eigenvalue weighted by Crippen LogP contribution is -2.39. The molecule has 158 valence electrons. The Labute approximate surface area is 186 Å². The van der Waals surface area contributed by atoms with Gasteiger partial charge in [0.2, 0.25) is 0 Å². The first kappa shape index (κ1) is 24.7. The average molecular weight is 502 g/mol. The number of carbonyl (C=O) groups is 1. The number of nitrogens with one attached hydrogen (secondary N) is 3. The molecule has 1 aromatic rings. The number of halogens is 1. The number of hydrogen-bond acceptors (Lipinski definition) is 3. The van der Waals surface area contributed by atoms with Crippen LogP contribution in [-0.2, 0) is 11.2 Å². The highest BCUT2D eigenvalue weighted by molar-refractivity contribution is 14.0. The molecule has 1 amide bonds. The van der Waals surface area contributed by atoms with Gasteiger partial charge in [-0.05, 0) is 43.4 Å². The van der Waals surface area contributed by atoms with Crippen molar-refractivity contribution in [3.63, 3.8) is 0 Å². The number of guanidine groups is 1. The van der Waals surface area contributed by atoms with Crippen molar-refractivity contribution in [1.29, 1.82) is 0 Å². The molecule has 0 bridgehead atoms. The van der Waals surface area contributed by atoms with Crippen LogP contribution in [0, 0.1) is 0 Å². The maximum absolute atomic E-state index is 11.7. The summed E-state index contributed by atoms with van der Waals surface area (Å²) >= 11 is 0. The van der Waals surface area contributed by atoms with Gasteiger partial charge >= 0.3 is 0 Å². The van der Waals surface area contributed by atoms with Crippen LogP contribution in [-0.4, -0.2) is 51.8 Å². The van der Waals surface area contributed by atoms with E-state index in [1.165, 1.54) is 32.1 Å². The maximum atomic E-state index is 11.7. The number of hydrogen-bond donors (Lipinski definition) is 3. The fraction of sp³-hybridized carbons (Fsp3) is 0.619. The van der Waals surface area contributed by atoms with Gasteiger partial charge in [-0.2, -0.15) is 0 Å². The molecule has 6 nitrogen and oxygen atoms in total. The summed E-state index contributed by atoms with van der Waals surface area (Å²) in [7, 11) is 3.42. The summed E-state index contributed by atoms with van der Waals surface area (Å²) in [6.45, 7) is 2.41. The highest BCUT2D eigenvalue weighted by Crippen LogP contribution is 2.20. The van der Waals surface area contributed by atoms with Gasteiger partial charge in [-0.3, -0.25) is 9.79 Å². The number of carbonyl (C=O) groups excluding carboxylic acids is 1. The largest absolute Gasteiger partial charge is 0.378 e. The Morgan fingerprint density at radius 1 is 1.18 bits per heavy atom. The van der Waals surface area contributed by atoms with Crippen LogP contribution in [0.1, 0.15) is 54.4 Å². The maximum Gasteiger partial charge on any atom is 0.251 e. The summed E-state index contributed by atoms with van der Waals surface area (Å²) in [6.07, 6.45) is 8.70. The Bertz CT molecular complexity index is 604. The van der Waals surface area contributed by atoms with Crippen molar-refractivity contribution in [2.75, 3.05) is 33.8 Å². The molecule has 2 rings (SSSR count). The van der Waals surface area contributed by atoms with Crippen LogP contribution in [0.25, 0.3) is 0 Å². The minimum atomic E-state index is -0.0577. The second-order valence-corrected chi connectivity index (χ2v) is 6.94. The van der Waals surface area contributed by atoms with Gasteiger partial charge < -0.3 is 20.7 Å². The number of aliphatic imine (C=N–C) groups is 1. The van der Waals surface area contributed by atoms with Gasteiger partial charge in [0.25, 0.3) is 5.91 Å². The molecule has 0 unspecified atom stereocenters. The predicted octanol–water partition coefficient (Wildman–Crippen LogP) is 3.11. The monoisotopic (exact) mass is 502 g/mol. The molecule has 1 aliphatic rings. The zero-order valence-electron chi connectivity index (χ0n) is 17.1. The first-order valence-corrected chi connectivity index (χ1v) is 10.1. The van der Waals surface area contributed by atoms with Crippen molar-refractivity contribution < 1.29 is 9.53 Å². The number of nitrogens with zero attached hydrogens (tertiary/aromatic N) is 1. The van der Waals surface area contributed by atoms with E-state index in [2.05, 4.69) is 20.9 Å². The van der Waals surface area contributed by atoms with Gasteiger partial charge in [-0.1, -0.05) is 31.4 Å². The van der Waals surface area contributed by atoms with Crippen molar-refractivity contribution >= 4 is 35.8 Å². The minimum absolute atomic E-state index is 0. The van der Waals surface area contributed by atoms with Crippen molar-refractivity contribution in [1.82, 2.24) is 16.0 Å². The molecule has 0 atom stereocenters. The molecule has 0 aliphatic heterocycles. The normalized spacial score (nSPS) is 14.9. The number of rotatable bonds is 9. The van der Waals surface area contributed by atoms with E-state index in [9.17, 15) is 4.79 Å². The lowest BCUT2D eigenvalue weighted by molar-refractivity contribution is 0.0277. The number of benzene rings is 1. The molecule has 28 heavy (non-hydrogen) atoms. The molecule has 0 saturated heterocycles. The molecule has 1 fully saturated rings. The van der Waals surface area contributed by atoms with Crippen LogP contribution in [0.15, 0.2) is 29.3 Å². The second-order valence-electron chi connectivity index (χ2n) is 6.94. The Morgan fingerprint density at radius 2 is 1.93 bits per heavy atom. The first-order chi connectivity index (χ1) is 13.2. The molecule has 1 aliphatic carbocycles. The quantitative estimate of drug-likeness (QED) is 0.210. The summed E-state index contributed by atoms with van der Waals surface area (Å²) < 4.78 is 5.94. The SMILES string of the molecule is CN=C(NCCCOC1CCCCC1)NCCc1cccc(C(=O)NC)c1.I. The Balaban J connectivity index is 0.00000392. The molecule has 1 aromatic carbocycles. The smallest absolute Gasteiger partial charge is 0.251 e. The Hall–Kier alpha value is -1.35. The summed E-state index contributed by atoms with van der Waals surface area (Å²) in [5.41, 5.74) is 1.82.